The van der Waals surface area contributed by atoms with Gasteiger partial charge in [0.2, 0.25) is 0 Å². The van der Waals surface area contributed by atoms with Crippen molar-refractivity contribution < 1.29 is 22.9 Å². The van der Waals surface area contributed by atoms with Gasteiger partial charge < -0.3 is 4.74 Å². The van der Waals surface area contributed by atoms with E-state index < -0.39 is 26.4 Å². The first-order chi connectivity index (χ1) is 14.2. The van der Waals surface area contributed by atoms with Crippen LogP contribution >= 0.6 is 11.3 Å². The summed E-state index contributed by atoms with van der Waals surface area (Å²) in [5.74, 6) is 0.168. The highest BCUT2D eigenvalue weighted by Gasteiger charge is 2.20. The standard InChI is InChI=1S/C19H15N3O6S2/c1-30(26,27)15-8-13(7-14(9-15)22(24)25)18(23)21-19-20-16(10-29-19)11-2-3-17-12(6-11)4-5-28-17/h2-3,6-10H,4-5H2,1H3,(H,20,21,23). The van der Waals surface area contributed by atoms with Crippen molar-refractivity contribution in [2.45, 2.75) is 11.3 Å². The third-order valence-electron chi connectivity index (χ3n) is 4.50. The summed E-state index contributed by atoms with van der Waals surface area (Å²) in [4.78, 5) is 27.0. The maximum atomic E-state index is 12.6. The summed E-state index contributed by atoms with van der Waals surface area (Å²) < 4.78 is 29.1. The number of nitrogens with zero attached hydrogens (tertiary/aromatic N) is 2. The zero-order chi connectivity index (χ0) is 21.5. The number of non-ortho nitro benzene ring substituents is 1. The number of amides is 1. The minimum atomic E-state index is -3.73. The molecule has 154 valence electrons. The van der Waals surface area contributed by atoms with E-state index in [-0.39, 0.29) is 10.5 Å². The smallest absolute Gasteiger partial charge is 0.271 e. The number of hydrogen-bond acceptors (Lipinski definition) is 8. The molecule has 11 heteroatoms. The first kappa shape index (κ1) is 20.0. The molecular weight excluding hydrogens is 430 g/mol. The fourth-order valence-corrected chi connectivity index (χ4v) is 4.40. The monoisotopic (exact) mass is 445 g/mol. The van der Waals surface area contributed by atoms with Crippen LogP contribution in [0.15, 0.2) is 46.7 Å². The number of benzene rings is 2. The average molecular weight is 445 g/mol. The van der Waals surface area contributed by atoms with Crippen LogP contribution in [0, 0.1) is 10.1 Å². The highest BCUT2D eigenvalue weighted by atomic mass is 32.2. The fourth-order valence-electron chi connectivity index (χ4n) is 3.01. The van der Waals surface area contributed by atoms with Crippen LogP contribution in [0.25, 0.3) is 11.3 Å². The van der Waals surface area contributed by atoms with Gasteiger partial charge in [0.25, 0.3) is 11.6 Å². The van der Waals surface area contributed by atoms with E-state index in [4.69, 9.17) is 4.74 Å². The second kappa shape index (κ2) is 7.50. The van der Waals surface area contributed by atoms with Gasteiger partial charge in [-0.1, -0.05) is 0 Å². The molecular formula is C19H15N3O6S2. The average Bonchev–Trinajstić information content (AvgIpc) is 3.35. The van der Waals surface area contributed by atoms with Crippen LogP contribution in [-0.2, 0) is 16.3 Å². The lowest BCUT2D eigenvalue weighted by molar-refractivity contribution is -0.385. The number of thiazole rings is 1. The lowest BCUT2D eigenvalue weighted by atomic mass is 10.1. The summed E-state index contributed by atoms with van der Waals surface area (Å²) in [6.07, 6.45) is 1.74. The van der Waals surface area contributed by atoms with Crippen LogP contribution in [0.1, 0.15) is 15.9 Å². The van der Waals surface area contributed by atoms with Crippen LogP contribution < -0.4 is 10.1 Å². The molecule has 30 heavy (non-hydrogen) atoms. The van der Waals surface area contributed by atoms with Gasteiger partial charge in [0.05, 0.1) is 22.1 Å². The Morgan fingerprint density at radius 1 is 1.27 bits per heavy atom. The number of nitro benzene ring substituents is 1. The van der Waals surface area contributed by atoms with Crippen LogP contribution in [0.2, 0.25) is 0 Å². The Morgan fingerprint density at radius 3 is 2.80 bits per heavy atom. The molecule has 1 aliphatic heterocycles. The molecule has 4 rings (SSSR count). The molecule has 1 amide bonds. The quantitative estimate of drug-likeness (QED) is 0.471. The number of nitro groups is 1. The second-order valence-corrected chi connectivity index (χ2v) is 9.53. The Hall–Kier alpha value is -3.31. The molecule has 0 spiro atoms. The Balaban J connectivity index is 1.59. The molecule has 9 nitrogen and oxygen atoms in total. The van der Waals surface area contributed by atoms with E-state index in [0.29, 0.717) is 17.4 Å². The zero-order valence-electron chi connectivity index (χ0n) is 15.6. The molecule has 0 saturated carbocycles. The molecule has 2 heterocycles. The topological polar surface area (TPSA) is 128 Å². The number of sulfone groups is 1. The Morgan fingerprint density at radius 2 is 2.07 bits per heavy atom. The van der Waals surface area contributed by atoms with E-state index in [0.717, 1.165) is 47.8 Å². The van der Waals surface area contributed by atoms with Crippen molar-refractivity contribution in [1.29, 1.82) is 0 Å². The van der Waals surface area contributed by atoms with E-state index in [1.807, 2.05) is 18.2 Å². The van der Waals surface area contributed by atoms with Crippen LogP contribution in [0.4, 0.5) is 10.8 Å². The lowest BCUT2D eigenvalue weighted by Gasteiger charge is -2.05. The number of anilines is 1. The summed E-state index contributed by atoms with van der Waals surface area (Å²) in [6, 6.07) is 8.80. The number of hydrogen-bond donors (Lipinski definition) is 1. The summed E-state index contributed by atoms with van der Waals surface area (Å²) in [5.41, 5.74) is 2.02. The normalized spacial score (nSPS) is 12.8. The van der Waals surface area contributed by atoms with Gasteiger partial charge in [-0.25, -0.2) is 13.4 Å². The van der Waals surface area contributed by atoms with Gasteiger partial charge in [-0.15, -0.1) is 11.3 Å². The number of nitrogens with one attached hydrogen (secondary N) is 1. The number of ether oxygens (including phenoxy) is 1. The van der Waals surface area contributed by atoms with E-state index in [9.17, 15) is 23.3 Å². The van der Waals surface area contributed by atoms with Crippen molar-refractivity contribution in [2.24, 2.45) is 0 Å². The minimum absolute atomic E-state index is 0.143. The summed E-state index contributed by atoms with van der Waals surface area (Å²) in [6.45, 7) is 0.649. The molecule has 1 aliphatic rings. The van der Waals surface area contributed by atoms with Gasteiger partial charge in [0.1, 0.15) is 5.75 Å². The van der Waals surface area contributed by atoms with Gasteiger partial charge in [-0.3, -0.25) is 20.2 Å². The first-order valence-corrected chi connectivity index (χ1v) is 11.5. The van der Waals surface area contributed by atoms with E-state index >= 15 is 0 Å². The van der Waals surface area contributed by atoms with Crippen molar-refractivity contribution in [3.63, 3.8) is 0 Å². The molecule has 0 radical (unpaired) electrons. The van der Waals surface area contributed by atoms with E-state index in [1.165, 1.54) is 11.3 Å². The Labute approximate surface area is 175 Å². The summed E-state index contributed by atoms with van der Waals surface area (Å²) >= 11 is 1.19. The fraction of sp³-hybridized carbons (Fsp3) is 0.158. The molecule has 0 fully saturated rings. The second-order valence-electron chi connectivity index (χ2n) is 6.66. The third-order valence-corrected chi connectivity index (χ3v) is 6.35. The summed E-state index contributed by atoms with van der Waals surface area (Å²) in [5, 5.41) is 15.8. The zero-order valence-corrected chi connectivity index (χ0v) is 17.2. The predicted molar refractivity (Wildman–Crippen MR) is 111 cm³/mol. The van der Waals surface area contributed by atoms with Gasteiger partial charge in [0, 0.05) is 41.3 Å². The molecule has 0 saturated heterocycles. The molecule has 0 unspecified atom stereocenters. The van der Waals surface area contributed by atoms with Crippen molar-refractivity contribution >= 4 is 37.9 Å². The molecule has 0 aliphatic carbocycles. The predicted octanol–water partition coefficient (Wildman–Crippen LogP) is 3.31. The molecule has 0 atom stereocenters. The van der Waals surface area contributed by atoms with Gasteiger partial charge >= 0.3 is 0 Å². The minimum Gasteiger partial charge on any atom is -0.493 e. The number of carbonyl (C=O) groups is 1. The molecule has 3 aromatic rings. The number of fused-ring (bicyclic) bond motifs is 1. The Kier molecular flexibility index (Phi) is 5.00. The largest absolute Gasteiger partial charge is 0.493 e. The van der Waals surface area contributed by atoms with E-state index in [2.05, 4.69) is 10.3 Å². The summed E-state index contributed by atoms with van der Waals surface area (Å²) in [7, 11) is -3.73. The number of carbonyl (C=O) groups excluding carboxylic acids is 1. The van der Waals surface area contributed by atoms with Crippen molar-refractivity contribution in [1.82, 2.24) is 4.98 Å². The maximum absolute atomic E-state index is 12.6. The van der Waals surface area contributed by atoms with Crippen LogP contribution in [-0.4, -0.2) is 37.1 Å². The molecule has 1 N–H and O–H groups in total. The third kappa shape index (κ3) is 4.02. The van der Waals surface area contributed by atoms with Crippen molar-refractivity contribution in [3.8, 4) is 17.0 Å². The van der Waals surface area contributed by atoms with Crippen LogP contribution in [0.5, 0.6) is 5.75 Å². The van der Waals surface area contributed by atoms with E-state index in [1.54, 1.807) is 5.38 Å². The lowest BCUT2D eigenvalue weighted by Crippen LogP contribution is -2.13. The first-order valence-electron chi connectivity index (χ1n) is 8.73. The van der Waals surface area contributed by atoms with Crippen molar-refractivity contribution in [2.75, 3.05) is 18.2 Å². The SMILES string of the molecule is CS(=O)(=O)c1cc(C(=O)Nc2nc(-c3ccc4c(c3)CCO4)cs2)cc([N+](=O)[O-])c1. The highest BCUT2D eigenvalue weighted by molar-refractivity contribution is 7.90. The molecule has 0 bridgehead atoms. The number of rotatable bonds is 5. The van der Waals surface area contributed by atoms with Crippen LogP contribution in [0.3, 0.4) is 0 Å². The number of aromatic nitrogens is 1. The molecule has 2 aromatic carbocycles. The van der Waals surface area contributed by atoms with Gasteiger partial charge in [0.15, 0.2) is 15.0 Å². The van der Waals surface area contributed by atoms with Gasteiger partial charge in [-0.05, 0) is 29.8 Å². The Bertz CT molecular complexity index is 1280. The van der Waals surface area contributed by atoms with Gasteiger partial charge in [-0.2, -0.15) is 0 Å². The maximum Gasteiger partial charge on any atom is 0.271 e. The van der Waals surface area contributed by atoms with Crippen molar-refractivity contribution in [3.05, 3.63) is 63.0 Å². The highest BCUT2D eigenvalue weighted by Crippen LogP contribution is 2.32. The molecule has 1 aromatic heterocycles.